The molecule has 0 aliphatic carbocycles. The van der Waals surface area contributed by atoms with E-state index in [0.29, 0.717) is 13.2 Å². The molecule has 0 amide bonds. The molecule has 3 atom stereocenters. The fraction of sp³-hybridized carbons (Fsp3) is 1.00. The summed E-state index contributed by atoms with van der Waals surface area (Å²) >= 11 is 0. The van der Waals surface area contributed by atoms with Crippen LogP contribution in [0.3, 0.4) is 0 Å². The molecule has 3 heteroatoms. The van der Waals surface area contributed by atoms with Gasteiger partial charge in [-0.15, -0.1) is 0 Å². The molecule has 2 heterocycles. The van der Waals surface area contributed by atoms with Crippen LogP contribution in [0.25, 0.3) is 0 Å². The summed E-state index contributed by atoms with van der Waals surface area (Å²) in [6.45, 7) is 1.36. The summed E-state index contributed by atoms with van der Waals surface area (Å²) in [7, 11) is 1.74. The number of quaternary nitrogens is 1. The average molecular weight is 129 g/mol. The van der Waals surface area contributed by atoms with Crippen LogP contribution in [0, 0.1) is 5.21 Å². The zero-order chi connectivity index (χ0) is 6.48. The van der Waals surface area contributed by atoms with E-state index in [1.54, 1.807) is 7.05 Å². The zero-order valence-electron chi connectivity index (χ0n) is 5.54. The lowest BCUT2D eigenvalue weighted by molar-refractivity contribution is -0.880. The van der Waals surface area contributed by atoms with E-state index in [2.05, 4.69) is 0 Å². The van der Waals surface area contributed by atoms with Crippen LogP contribution in [0.4, 0.5) is 0 Å². The molecule has 0 N–H and O–H groups in total. The number of morpholine rings is 1. The monoisotopic (exact) mass is 129 g/mol. The number of nitrogens with zero attached hydrogens (tertiary/aromatic N) is 1. The van der Waals surface area contributed by atoms with Crippen LogP contribution in [0.2, 0.25) is 0 Å². The van der Waals surface area contributed by atoms with Crippen molar-refractivity contribution in [2.45, 2.75) is 18.6 Å². The number of rotatable bonds is 0. The highest BCUT2D eigenvalue weighted by atomic mass is 16.6. The molecule has 0 saturated carbocycles. The fourth-order valence-corrected chi connectivity index (χ4v) is 1.75. The molecule has 2 rings (SSSR count). The van der Waals surface area contributed by atoms with Crippen molar-refractivity contribution in [2.75, 3.05) is 20.2 Å². The minimum absolute atomic E-state index is 0.0648. The van der Waals surface area contributed by atoms with Crippen LogP contribution in [-0.2, 0) is 4.74 Å². The summed E-state index contributed by atoms with van der Waals surface area (Å²) in [5.74, 6) is 0. The Labute approximate surface area is 54.4 Å². The van der Waals surface area contributed by atoms with Gasteiger partial charge in [-0.2, -0.15) is 0 Å². The van der Waals surface area contributed by atoms with Crippen molar-refractivity contribution in [3.05, 3.63) is 5.21 Å². The van der Waals surface area contributed by atoms with E-state index in [9.17, 15) is 5.21 Å². The van der Waals surface area contributed by atoms with Gasteiger partial charge in [0, 0.05) is 6.42 Å². The van der Waals surface area contributed by atoms with Crippen molar-refractivity contribution in [1.82, 2.24) is 0 Å². The lowest BCUT2D eigenvalue weighted by Crippen LogP contribution is -2.47. The molecule has 2 aliphatic heterocycles. The van der Waals surface area contributed by atoms with Gasteiger partial charge in [-0.25, -0.2) is 0 Å². The second-order valence-electron chi connectivity index (χ2n) is 3.20. The molecule has 0 radical (unpaired) electrons. The Morgan fingerprint density at radius 1 is 1.67 bits per heavy atom. The molecule has 0 aromatic heterocycles. The largest absolute Gasteiger partial charge is 0.633 e. The number of likely N-dealkylation sites (N-methyl/N-ethyl adjacent to an activating group) is 1. The van der Waals surface area contributed by atoms with Gasteiger partial charge in [-0.1, -0.05) is 0 Å². The Balaban J connectivity index is 2.18. The van der Waals surface area contributed by atoms with Gasteiger partial charge in [-0.05, 0) is 0 Å². The van der Waals surface area contributed by atoms with E-state index in [-0.39, 0.29) is 16.8 Å². The molecule has 52 valence electrons. The van der Waals surface area contributed by atoms with Crippen LogP contribution >= 0.6 is 0 Å². The molecule has 2 saturated heterocycles. The van der Waals surface area contributed by atoms with Gasteiger partial charge >= 0.3 is 0 Å². The number of hydrogen-bond acceptors (Lipinski definition) is 2. The Morgan fingerprint density at radius 2 is 2.44 bits per heavy atom. The highest BCUT2D eigenvalue weighted by molar-refractivity contribution is 4.81. The van der Waals surface area contributed by atoms with Crippen molar-refractivity contribution in [3.63, 3.8) is 0 Å². The summed E-state index contributed by atoms with van der Waals surface area (Å²) in [6.07, 6.45) is 1.26. The number of likely N-dealkylation sites (tertiary alicyclic amines) is 1. The number of hydrogen-bond donors (Lipinski definition) is 0. The minimum atomic E-state index is -0.0648. The lowest BCUT2D eigenvalue weighted by atomic mass is 10.2. The summed E-state index contributed by atoms with van der Waals surface area (Å²) in [5.41, 5.74) is 0. The van der Waals surface area contributed by atoms with Gasteiger partial charge in [0.2, 0.25) is 0 Å². The standard InChI is InChI=1S/C6H11NO2/c1-7(8)3-6-2-5(7)4-9-6/h5-6H,2-4H2,1H3. The van der Waals surface area contributed by atoms with E-state index < -0.39 is 0 Å². The number of fused-ring (bicyclic) bond motifs is 2. The van der Waals surface area contributed by atoms with Crippen LogP contribution in [-0.4, -0.2) is 37.0 Å². The summed E-state index contributed by atoms with van der Waals surface area (Å²) in [4.78, 5) is 0. The van der Waals surface area contributed by atoms with E-state index in [1.807, 2.05) is 0 Å². The first-order valence-electron chi connectivity index (χ1n) is 3.36. The molecule has 3 nitrogen and oxygen atoms in total. The average Bonchev–Trinajstić information content (AvgIpc) is 2.19. The van der Waals surface area contributed by atoms with Gasteiger partial charge in [0.15, 0.2) is 0 Å². The van der Waals surface area contributed by atoms with Crippen LogP contribution in [0.5, 0.6) is 0 Å². The Kier molecular flexibility index (Phi) is 0.928. The molecule has 9 heavy (non-hydrogen) atoms. The minimum Gasteiger partial charge on any atom is -0.633 e. The van der Waals surface area contributed by atoms with Crippen LogP contribution < -0.4 is 0 Å². The maximum absolute atomic E-state index is 11.4. The van der Waals surface area contributed by atoms with E-state index in [4.69, 9.17) is 4.74 Å². The molecule has 3 unspecified atom stereocenters. The summed E-state index contributed by atoms with van der Waals surface area (Å²) < 4.78 is 5.21. The lowest BCUT2D eigenvalue weighted by Gasteiger charge is -2.41. The first-order valence-corrected chi connectivity index (χ1v) is 3.36. The summed E-state index contributed by atoms with van der Waals surface area (Å²) in [6, 6.07) is 0.245. The highest BCUT2D eigenvalue weighted by Crippen LogP contribution is 2.31. The van der Waals surface area contributed by atoms with E-state index >= 15 is 0 Å². The Morgan fingerprint density at radius 3 is 2.67 bits per heavy atom. The van der Waals surface area contributed by atoms with Gasteiger partial charge in [0.1, 0.15) is 18.7 Å². The smallest absolute Gasteiger partial charge is 0.115 e. The van der Waals surface area contributed by atoms with Crippen molar-refractivity contribution in [2.24, 2.45) is 0 Å². The quantitative estimate of drug-likeness (QED) is 0.343. The predicted octanol–water partition coefficient (Wildman–Crippen LogP) is 0.102. The Hall–Kier alpha value is -0.120. The van der Waals surface area contributed by atoms with Gasteiger partial charge in [-0.3, -0.25) is 0 Å². The van der Waals surface area contributed by atoms with Gasteiger partial charge < -0.3 is 14.6 Å². The molecule has 2 fully saturated rings. The molecular weight excluding hydrogens is 118 g/mol. The second kappa shape index (κ2) is 1.48. The number of ether oxygens (including phenoxy) is 1. The highest BCUT2D eigenvalue weighted by Gasteiger charge is 2.44. The maximum Gasteiger partial charge on any atom is 0.115 e. The Bertz CT molecular complexity index is 135. The second-order valence-corrected chi connectivity index (χ2v) is 3.20. The third-order valence-electron chi connectivity index (χ3n) is 2.40. The molecule has 2 bridgehead atoms. The van der Waals surface area contributed by atoms with Crippen molar-refractivity contribution in [1.29, 1.82) is 0 Å². The molecule has 0 spiro atoms. The van der Waals surface area contributed by atoms with Crippen molar-refractivity contribution >= 4 is 0 Å². The van der Waals surface area contributed by atoms with Crippen molar-refractivity contribution in [3.8, 4) is 0 Å². The van der Waals surface area contributed by atoms with Gasteiger partial charge in [0.05, 0.1) is 13.7 Å². The third kappa shape index (κ3) is 0.689. The molecule has 2 aliphatic rings. The van der Waals surface area contributed by atoms with Crippen molar-refractivity contribution < 1.29 is 9.38 Å². The normalized spacial score (nSPS) is 56.7. The van der Waals surface area contributed by atoms with E-state index in [1.165, 1.54) is 0 Å². The topological polar surface area (TPSA) is 32.3 Å². The zero-order valence-corrected chi connectivity index (χ0v) is 5.54. The number of hydroxylamine groups is 3. The van der Waals surface area contributed by atoms with Crippen LogP contribution in [0.1, 0.15) is 6.42 Å². The maximum atomic E-state index is 11.4. The first kappa shape index (κ1) is 5.65. The fourth-order valence-electron chi connectivity index (χ4n) is 1.75. The van der Waals surface area contributed by atoms with Gasteiger partial charge in [0.25, 0.3) is 0 Å². The third-order valence-corrected chi connectivity index (χ3v) is 2.40. The summed E-state index contributed by atoms with van der Waals surface area (Å²) in [5, 5.41) is 11.4. The molecular formula is C6H11NO2. The first-order chi connectivity index (χ1) is 4.18. The SMILES string of the molecule is C[N+]1([O-])CC2CC1CO2. The predicted molar refractivity (Wildman–Crippen MR) is 32.6 cm³/mol. The van der Waals surface area contributed by atoms with Crippen LogP contribution in [0.15, 0.2) is 0 Å². The molecule has 0 aromatic rings. The molecule has 0 aromatic carbocycles. The van der Waals surface area contributed by atoms with E-state index in [0.717, 1.165) is 6.42 Å².